The molecule has 2 aromatic carbocycles. The Balaban J connectivity index is 1.42. The maximum Gasteiger partial charge on any atom is 0.308 e. The molecule has 1 amide bonds. The second-order valence-corrected chi connectivity index (χ2v) is 10.8. The van der Waals surface area contributed by atoms with E-state index in [1.807, 2.05) is 32.0 Å². The third-order valence-electron chi connectivity index (χ3n) is 5.44. The fourth-order valence-corrected chi connectivity index (χ4v) is 6.32. The lowest BCUT2D eigenvalue weighted by Gasteiger charge is -2.34. The van der Waals surface area contributed by atoms with Gasteiger partial charge >= 0.3 is 4.87 Å². The molecular formula is C22H25N3O5S2. The van der Waals surface area contributed by atoms with Crippen LogP contribution in [0.1, 0.15) is 19.9 Å². The summed E-state index contributed by atoms with van der Waals surface area (Å²) in [5, 5.41) is 0. The van der Waals surface area contributed by atoms with Crippen LogP contribution in [-0.2, 0) is 14.8 Å². The summed E-state index contributed by atoms with van der Waals surface area (Å²) in [5.74, 6) is 0.443. The van der Waals surface area contributed by atoms with Crippen molar-refractivity contribution in [2.75, 3.05) is 32.8 Å². The number of hydrogen-bond acceptors (Lipinski definition) is 6. The number of amides is 1. The van der Waals surface area contributed by atoms with Crippen molar-refractivity contribution >= 4 is 37.5 Å². The highest BCUT2D eigenvalue weighted by molar-refractivity contribution is 7.89. The van der Waals surface area contributed by atoms with Crippen LogP contribution in [0.15, 0.2) is 58.2 Å². The van der Waals surface area contributed by atoms with E-state index in [0.29, 0.717) is 23.5 Å². The number of thiazole rings is 1. The molecular weight excluding hydrogens is 450 g/mol. The van der Waals surface area contributed by atoms with Gasteiger partial charge in [-0.25, -0.2) is 8.42 Å². The van der Waals surface area contributed by atoms with E-state index in [1.54, 1.807) is 39.8 Å². The predicted molar refractivity (Wildman–Crippen MR) is 124 cm³/mol. The van der Waals surface area contributed by atoms with E-state index in [2.05, 4.69) is 0 Å². The zero-order chi connectivity index (χ0) is 22.9. The van der Waals surface area contributed by atoms with Gasteiger partial charge in [0.15, 0.2) is 6.61 Å². The molecule has 0 spiro atoms. The van der Waals surface area contributed by atoms with Gasteiger partial charge in [0, 0.05) is 32.2 Å². The van der Waals surface area contributed by atoms with Gasteiger partial charge < -0.3 is 9.64 Å². The minimum absolute atomic E-state index is 0.00445. The van der Waals surface area contributed by atoms with Gasteiger partial charge in [-0.1, -0.05) is 29.5 Å². The van der Waals surface area contributed by atoms with Gasteiger partial charge in [-0.2, -0.15) is 4.31 Å². The molecule has 0 saturated carbocycles. The number of nitrogens with zero attached hydrogens (tertiary/aromatic N) is 3. The lowest BCUT2D eigenvalue weighted by atomic mass is 10.3. The average molecular weight is 476 g/mol. The van der Waals surface area contributed by atoms with E-state index in [4.69, 9.17) is 4.74 Å². The Labute approximate surface area is 190 Å². The fourth-order valence-electron chi connectivity index (χ4n) is 3.75. The largest absolute Gasteiger partial charge is 0.484 e. The zero-order valence-electron chi connectivity index (χ0n) is 17.9. The first-order valence-electron chi connectivity index (χ1n) is 10.4. The van der Waals surface area contributed by atoms with E-state index < -0.39 is 10.0 Å². The van der Waals surface area contributed by atoms with Gasteiger partial charge in [-0.3, -0.25) is 14.2 Å². The Hall–Kier alpha value is -2.69. The highest BCUT2D eigenvalue weighted by Crippen LogP contribution is 2.26. The number of carbonyl (C=O) groups excluding carboxylic acids is 1. The summed E-state index contributed by atoms with van der Waals surface area (Å²) in [7, 11) is -3.72. The topological polar surface area (TPSA) is 88.9 Å². The van der Waals surface area contributed by atoms with E-state index in [1.165, 1.54) is 4.31 Å². The number of sulfonamides is 1. The summed E-state index contributed by atoms with van der Waals surface area (Å²) >= 11 is 1.05. The molecule has 1 saturated heterocycles. The van der Waals surface area contributed by atoms with Crippen LogP contribution in [0.4, 0.5) is 0 Å². The van der Waals surface area contributed by atoms with Crippen molar-refractivity contribution in [1.29, 1.82) is 0 Å². The van der Waals surface area contributed by atoms with Crippen molar-refractivity contribution in [3.63, 3.8) is 0 Å². The molecule has 4 rings (SSSR count). The number of para-hydroxylation sites is 1. The number of rotatable bonds is 6. The first-order chi connectivity index (χ1) is 15.3. The quantitative estimate of drug-likeness (QED) is 0.547. The zero-order valence-corrected chi connectivity index (χ0v) is 19.6. The molecule has 0 N–H and O–H groups in total. The number of aromatic nitrogens is 1. The summed E-state index contributed by atoms with van der Waals surface area (Å²) in [6.07, 6.45) is 0. The van der Waals surface area contributed by atoms with Crippen molar-refractivity contribution in [2.24, 2.45) is 0 Å². The van der Waals surface area contributed by atoms with Crippen molar-refractivity contribution in [2.45, 2.75) is 24.8 Å². The molecule has 0 bridgehead atoms. The van der Waals surface area contributed by atoms with Crippen molar-refractivity contribution in [1.82, 2.24) is 13.8 Å². The van der Waals surface area contributed by atoms with Gasteiger partial charge in [0.1, 0.15) is 5.75 Å². The van der Waals surface area contributed by atoms with Gasteiger partial charge in [-0.15, -0.1) is 0 Å². The normalized spacial score (nSPS) is 15.4. The molecule has 1 aliphatic rings. The second kappa shape index (κ2) is 9.05. The number of carbonyl (C=O) groups is 1. The van der Waals surface area contributed by atoms with E-state index >= 15 is 0 Å². The summed E-state index contributed by atoms with van der Waals surface area (Å²) in [5.41, 5.74) is 0.739. The van der Waals surface area contributed by atoms with Crippen LogP contribution in [0.3, 0.4) is 0 Å². The molecule has 1 aromatic heterocycles. The summed E-state index contributed by atoms with van der Waals surface area (Å²) in [4.78, 5) is 26.4. The molecule has 0 aliphatic carbocycles. The Bertz CT molecular complexity index is 1270. The third kappa shape index (κ3) is 4.43. The maximum atomic E-state index is 13.2. The van der Waals surface area contributed by atoms with Crippen LogP contribution in [0.2, 0.25) is 0 Å². The molecule has 10 heteroatoms. The highest BCUT2D eigenvalue weighted by atomic mass is 32.2. The minimum Gasteiger partial charge on any atom is -0.484 e. The minimum atomic E-state index is -3.72. The monoisotopic (exact) mass is 475 g/mol. The number of benzene rings is 2. The lowest BCUT2D eigenvalue weighted by molar-refractivity contribution is -0.134. The predicted octanol–water partition coefficient (Wildman–Crippen LogP) is 2.56. The first kappa shape index (κ1) is 22.5. The molecule has 32 heavy (non-hydrogen) atoms. The molecule has 2 heterocycles. The smallest absolute Gasteiger partial charge is 0.308 e. The van der Waals surface area contributed by atoms with Gasteiger partial charge in [0.25, 0.3) is 5.91 Å². The summed E-state index contributed by atoms with van der Waals surface area (Å²) in [6.45, 7) is 4.78. The summed E-state index contributed by atoms with van der Waals surface area (Å²) < 4.78 is 35.5. The molecule has 0 unspecified atom stereocenters. The SMILES string of the molecule is CC(C)n1c(=O)sc2cc(S(=O)(=O)N3CCN(C(=O)COc4ccccc4)CC3)ccc21. The molecule has 1 aliphatic heterocycles. The van der Waals surface area contributed by atoms with Crippen LogP contribution >= 0.6 is 11.3 Å². The van der Waals surface area contributed by atoms with Crippen molar-refractivity contribution in [3.8, 4) is 5.75 Å². The van der Waals surface area contributed by atoms with E-state index in [-0.39, 0.29) is 41.4 Å². The van der Waals surface area contributed by atoms with Gasteiger partial charge in [0.2, 0.25) is 10.0 Å². The number of hydrogen-bond donors (Lipinski definition) is 0. The Kier molecular flexibility index (Phi) is 6.36. The van der Waals surface area contributed by atoms with E-state index in [9.17, 15) is 18.0 Å². The fraction of sp³-hybridized carbons (Fsp3) is 0.364. The lowest BCUT2D eigenvalue weighted by Crippen LogP contribution is -2.51. The highest BCUT2D eigenvalue weighted by Gasteiger charge is 2.30. The van der Waals surface area contributed by atoms with Crippen LogP contribution in [0.5, 0.6) is 5.75 Å². The van der Waals surface area contributed by atoms with E-state index in [0.717, 1.165) is 16.9 Å². The molecule has 170 valence electrons. The van der Waals surface area contributed by atoms with Crippen molar-refractivity contribution < 1.29 is 17.9 Å². The molecule has 8 nitrogen and oxygen atoms in total. The Morgan fingerprint density at radius 3 is 2.41 bits per heavy atom. The molecule has 0 atom stereocenters. The van der Waals surface area contributed by atoms with Crippen LogP contribution in [0.25, 0.3) is 10.2 Å². The standard InChI is InChI=1S/C22H25N3O5S2/c1-16(2)25-19-9-8-18(14-20(19)31-22(25)27)32(28,29)24-12-10-23(11-13-24)21(26)15-30-17-6-4-3-5-7-17/h3-9,14,16H,10-13,15H2,1-2H3. The second-order valence-electron chi connectivity index (χ2n) is 7.85. The maximum absolute atomic E-state index is 13.2. The summed E-state index contributed by atoms with van der Waals surface area (Å²) in [6, 6.07) is 13.9. The van der Waals surface area contributed by atoms with Gasteiger partial charge in [-0.05, 0) is 44.2 Å². The third-order valence-corrected chi connectivity index (χ3v) is 8.25. The number of piperazine rings is 1. The molecule has 0 radical (unpaired) electrons. The molecule has 1 fully saturated rings. The number of fused-ring (bicyclic) bond motifs is 1. The molecule has 3 aromatic rings. The Morgan fingerprint density at radius 2 is 1.75 bits per heavy atom. The van der Waals surface area contributed by atoms with Crippen molar-refractivity contribution in [3.05, 3.63) is 58.2 Å². The number of ether oxygens (including phenoxy) is 1. The first-order valence-corrected chi connectivity index (χ1v) is 12.6. The van der Waals surface area contributed by atoms with Gasteiger partial charge in [0.05, 0.1) is 15.1 Å². The Morgan fingerprint density at radius 1 is 1.06 bits per heavy atom. The van der Waals surface area contributed by atoms with Crippen LogP contribution in [-0.4, -0.2) is 60.9 Å². The van der Waals surface area contributed by atoms with Crippen LogP contribution in [0, 0.1) is 0 Å². The van der Waals surface area contributed by atoms with Crippen LogP contribution < -0.4 is 9.61 Å². The average Bonchev–Trinajstić information content (AvgIpc) is 3.13.